The van der Waals surface area contributed by atoms with E-state index in [-0.39, 0.29) is 48.6 Å². The molecular formula is C66H86BF2N9O9. The molecule has 1 saturated carbocycles. The molecule has 0 unspecified atom stereocenters. The second kappa shape index (κ2) is 30.7. The lowest BCUT2D eigenvalue weighted by molar-refractivity contribution is -0.362. The maximum Gasteiger partial charge on any atom is 0.737 e. The largest absolute Gasteiger partial charge is 0.737 e. The number of carbonyl (C=O) groups is 6. The Morgan fingerprint density at radius 3 is 2.01 bits per heavy atom. The number of nitrogens with one attached hydrogen (secondary N) is 6. The second-order valence-electron chi connectivity index (χ2n) is 23.6. The van der Waals surface area contributed by atoms with Crippen molar-refractivity contribution in [2.75, 3.05) is 66.2 Å². The Labute approximate surface area is 509 Å². The van der Waals surface area contributed by atoms with Crippen LogP contribution in [0.2, 0.25) is 0 Å². The Bertz CT molecular complexity index is 3140. The monoisotopic (exact) mass is 1200 g/mol. The summed E-state index contributed by atoms with van der Waals surface area (Å²) in [7, 11) is 1.56. The molecule has 0 radical (unpaired) electrons. The van der Waals surface area contributed by atoms with E-state index in [9.17, 15) is 28.8 Å². The molecule has 3 aliphatic heterocycles. The quantitative estimate of drug-likeness (QED) is 0.0225. The molecule has 5 aliphatic rings. The summed E-state index contributed by atoms with van der Waals surface area (Å²) >= 11 is 0. The molecule has 87 heavy (non-hydrogen) atoms. The van der Waals surface area contributed by atoms with Crippen molar-refractivity contribution in [1.82, 2.24) is 41.3 Å². The van der Waals surface area contributed by atoms with Gasteiger partial charge in [0, 0.05) is 93.6 Å². The zero-order valence-electron chi connectivity index (χ0n) is 50.7. The van der Waals surface area contributed by atoms with Crippen LogP contribution in [0.1, 0.15) is 146 Å². The van der Waals surface area contributed by atoms with Crippen LogP contribution in [-0.4, -0.2) is 141 Å². The fraction of sp³-hybridized carbons (Fsp3) is 0.500. The van der Waals surface area contributed by atoms with E-state index in [1.807, 2.05) is 31.2 Å². The van der Waals surface area contributed by atoms with Crippen molar-refractivity contribution in [2.45, 2.75) is 141 Å². The average molecular weight is 1200 g/mol. The molecule has 1 aromatic heterocycles. The van der Waals surface area contributed by atoms with Gasteiger partial charge in [-0.25, -0.2) is 9.59 Å². The van der Waals surface area contributed by atoms with Gasteiger partial charge in [0.25, 0.3) is 0 Å². The number of methoxy groups -OCH3 is 1. The maximum atomic E-state index is 16.5. The highest BCUT2D eigenvalue weighted by Gasteiger charge is 2.54. The van der Waals surface area contributed by atoms with E-state index in [1.54, 1.807) is 61.4 Å². The Morgan fingerprint density at radius 1 is 0.690 bits per heavy atom. The van der Waals surface area contributed by atoms with Gasteiger partial charge in [-0.05, 0) is 135 Å². The van der Waals surface area contributed by atoms with Gasteiger partial charge < -0.3 is 68.6 Å². The first kappa shape index (κ1) is 63.7. The van der Waals surface area contributed by atoms with E-state index in [0.717, 1.165) is 74.5 Å². The summed E-state index contributed by atoms with van der Waals surface area (Å²) in [5.74, 6) is -0.174. The number of nitrogens with zero attached hydrogens (tertiary/aromatic N) is 3. The highest BCUT2D eigenvalue weighted by atomic mass is 19.2. The first-order valence-electron chi connectivity index (χ1n) is 31.5. The summed E-state index contributed by atoms with van der Waals surface area (Å²) in [6.07, 6.45) is 12.3. The Kier molecular flexibility index (Phi) is 22.5. The number of hydrogen-bond donors (Lipinski definition) is 6. The molecule has 3 aromatic carbocycles. The minimum Gasteiger partial charge on any atom is -0.497 e. The number of carbonyl (C=O) groups excluding carboxylic acids is 6. The molecule has 9 rings (SSSR count). The van der Waals surface area contributed by atoms with E-state index in [1.165, 1.54) is 0 Å². The standard InChI is InChI=1S/C66H86BF2N9O9/c1-45-51(46(2)77-60(45)43-49-28-32-59(78(49)67(77,68)69)48-26-29-50(85-3)30-27-48)31-33-62(80)71-34-14-5-8-25-61(79)70-35-15-13-24-57(74-64(82)58(42-47-18-6-4-7-19-47)75-65(83)76-38-40-86-41-39-76)63(81)72-36-16-17-37-73-66(84)87-44-56-54-22-11-9-20-52(54)53-21-10-12-23-55(53)56/h9-12,20-23,26-30,32,43,47,56-58H,4-8,13-19,24-25,31,33-42,44H2,1-3H3,(H,70,79)(H,71,80)(H,72,81)(H,73,84)(H,74,82)(H,75,83)/t57-,58-/m0/s1. The van der Waals surface area contributed by atoms with Gasteiger partial charge in [0.2, 0.25) is 23.6 Å². The Morgan fingerprint density at radius 2 is 1.32 bits per heavy atom. The van der Waals surface area contributed by atoms with Crippen molar-refractivity contribution in [2.24, 2.45) is 5.92 Å². The number of morpholine rings is 1. The summed E-state index contributed by atoms with van der Waals surface area (Å²) in [6.45, 7) is 2.67. The minimum atomic E-state index is -4.23. The van der Waals surface area contributed by atoms with Gasteiger partial charge >= 0.3 is 19.1 Å². The van der Waals surface area contributed by atoms with Gasteiger partial charge in [-0.3, -0.25) is 19.2 Å². The number of alkyl carbamates (subject to hydrolysis) is 1. The van der Waals surface area contributed by atoms with E-state index in [0.29, 0.717) is 157 Å². The van der Waals surface area contributed by atoms with Gasteiger partial charge in [-0.15, -0.1) is 0 Å². The highest BCUT2D eigenvalue weighted by Crippen LogP contribution is 2.45. The third-order valence-electron chi connectivity index (χ3n) is 17.7. The Hall–Kier alpha value is -7.81. The van der Waals surface area contributed by atoms with Crippen LogP contribution in [-0.2, 0) is 28.7 Å². The van der Waals surface area contributed by atoms with Crippen LogP contribution in [0.25, 0.3) is 28.5 Å². The fourth-order valence-electron chi connectivity index (χ4n) is 13.0. The minimum absolute atomic E-state index is 0.0489. The molecule has 18 nitrogen and oxygen atoms in total. The van der Waals surface area contributed by atoms with Crippen LogP contribution in [0.3, 0.4) is 0 Å². The molecule has 6 N–H and O–H groups in total. The van der Waals surface area contributed by atoms with Crippen LogP contribution < -0.4 is 36.6 Å². The van der Waals surface area contributed by atoms with Crippen molar-refractivity contribution in [3.8, 4) is 28.1 Å². The van der Waals surface area contributed by atoms with E-state index in [4.69, 9.17) is 14.2 Å². The summed E-state index contributed by atoms with van der Waals surface area (Å²) in [6, 6.07) is 24.8. The molecule has 7 amide bonds. The zero-order valence-corrected chi connectivity index (χ0v) is 50.7. The predicted octanol–water partition coefficient (Wildman–Crippen LogP) is 9.59. The number of allylic oxidation sites excluding steroid dienone is 2. The topological polar surface area (TPSA) is 213 Å². The number of unbranched alkanes of at least 4 members (excludes halogenated alkanes) is 4. The van der Waals surface area contributed by atoms with Crippen molar-refractivity contribution in [1.29, 1.82) is 0 Å². The number of amides is 7. The molecule has 0 spiro atoms. The third-order valence-corrected chi connectivity index (χ3v) is 17.7. The number of ether oxygens (including phenoxy) is 3. The van der Waals surface area contributed by atoms with Crippen molar-refractivity contribution in [3.63, 3.8) is 0 Å². The smallest absolute Gasteiger partial charge is 0.497 e. The average Bonchev–Trinajstić information content (AvgIpc) is 1.61. The second-order valence-corrected chi connectivity index (χ2v) is 23.6. The summed E-state index contributed by atoms with van der Waals surface area (Å²) in [4.78, 5) is 81.9. The highest BCUT2D eigenvalue weighted by molar-refractivity contribution is 6.58. The Balaban J connectivity index is 0.685. The van der Waals surface area contributed by atoms with Crippen LogP contribution in [0.5, 0.6) is 5.75 Å². The molecule has 0 bridgehead atoms. The van der Waals surface area contributed by atoms with Crippen LogP contribution in [0.15, 0.2) is 102 Å². The summed E-state index contributed by atoms with van der Waals surface area (Å²) in [5, 5.41) is 17.7. The van der Waals surface area contributed by atoms with Crippen LogP contribution in [0.4, 0.5) is 18.2 Å². The lowest BCUT2D eigenvalue weighted by Crippen LogP contribution is -2.57. The number of halogens is 2. The van der Waals surface area contributed by atoms with Crippen molar-refractivity contribution in [3.05, 3.63) is 119 Å². The van der Waals surface area contributed by atoms with Gasteiger partial charge in [0.05, 0.1) is 20.3 Å². The molecule has 4 aromatic rings. The molecule has 4 heterocycles. The normalized spacial score (nSPS) is 16.8. The lowest BCUT2D eigenvalue weighted by atomic mass is 9.84. The van der Waals surface area contributed by atoms with Gasteiger partial charge in [0.1, 0.15) is 30.2 Å². The first-order chi connectivity index (χ1) is 42.2. The molecular weight excluding hydrogens is 1110 g/mol. The van der Waals surface area contributed by atoms with Crippen molar-refractivity contribution < 1.29 is 56.1 Å². The van der Waals surface area contributed by atoms with Gasteiger partial charge in [-0.1, -0.05) is 87.1 Å². The van der Waals surface area contributed by atoms with E-state index >= 15 is 8.63 Å². The van der Waals surface area contributed by atoms with Gasteiger partial charge in [-0.2, -0.15) is 0 Å². The fourth-order valence-corrected chi connectivity index (χ4v) is 13.0. The van der Waals surface area contributed by atoms with Crippen molar-refractivity contribution >= 4 is 54.5 Å². The van der Waals surface area contributed by atoms with Crippen LogP contribution >= 0.6 is 0 Å². The van der Waals surface area contributed by atoms with E-state index < -0.39 is 31.1 Å². The molecule has 2 atom stereocenters. The number of urea groups is 1. The summed E-state index contributed by atoms with van der Waals surface area (Å²) in [5.41, 5.74) is 8.41. The number of rotatable bonds is 29. The lowest BCUT2D eigenvalue weighted by Gasteiger charge is -2.31. The molecule has 2 fully saturated rings. The molecule has 466 valence electrons. The maximum absolute atomic E-state index is 16.5. The molecule has 2 aliphatic carbocycles. The number of aromatic nitrogens is 1. The summed E-state index contributed by atoms with van der Waals surface area (Å²) < 4.78 is 51.7. The zero-order chi connectivity index (χ0) is 61.3. The number of hydrogen-bond acceptors (Lipinski definition) is 9. The molecule has 21 heteroatoms. The number of benzene rings is 3. The van der Waals surface area contributed by atoms with Gasteiger partial charge in [0.15, 0.2) is 5.70 Å². The SMILES string of the molecule is COc1ccc(-c2ccc3n2[B-](F)(F)[N+]2=C(C)C(CCC(=O)NCCCCCC(=O)NCCCC[C@H](NC(=O)[C@H](CC4CCCCC4)NC(=O)N4CCOCC4)C(=O)NCCCCNC(=O)OCC4c5ccccc5-c5ccccc54)=C(C)C2=C3)cc1. The van der Waals surface area contributed by atoms with E-state index in [2.05, 4.69) is 56.2 Å². The predicted molar refractivity (Wildman–Crippen MR) is 332 cm³/mol. The first-order valence-corrected chi connectivity index (χ1v) is 31.5. The molecule has 1 saturated heterocycles. The number of fused-ring (bicyclic) bond motifs is 5. The van der Waals surface area contributed by atoms with Crippen LogP contribution in [0, 0.1) is 5.92 Å². The third kappa shape index (κ3) is 16.2.